The number of hydrogen-bond donors (Lipinski definition) is 2. The van der Waals surface area contributed by atoms with Gasteiger partial charge in [-0.15, -0.1) is 0 Å². The number of nitrogens with zero attached hydrogens (tertiary/aromatic N) is 1. The molecule has 2 N–H and O–H groups in total. The van der Waals surface area contributed by atoms with Crippen molar-refractivity contribution < 1.29 is 13.2 Å². The van der Waals surface area contributed by atoms with E-state index in [2.05, 4.69) is 15.6 Å². The highest BCUT2D eigenvalue weighted by Crippen LogP contribution is 2.18. The maximum Gasteiger partial charge on any atom is 0.253 e. The Morgan fingerprint density at radius 3 is 2.50 bits per heavy atom. The van der Waals surface area contributed by atoms with Crippen LogP contribution in [0.4, 0.5) is 11.5 Å². The number of sulfone groups is 1. The molecule has 6 nitrogen and oxygen atoms in total. The number of carbonyl (C=O) groups excluding carboxylic acids is 1. The lowest BCUT2D eigenvalue weighted by Crippen LogP contribution is -2.35. The van der Waals surface area contributed by atoms with Gasteiger partial charge < -0.3 is 10.6 Å². The Hall–Kier alpha value is -2.12. The van der Waals surface area contributed by atoms with Gasteiger partial charge in [0, 0.05) is 22.9 Å². The van der Waals surface area contributed by atoms with Crippen LogP contribution in [0.3, 0.4) is 0 Å². The third kappa shape index (κ3) is 4.24. The molecule has 126 valence electrons. The van der Waals surface area contributed by atoms with Crippen LogP contribution in [-0.2, 0) is 9.84 Å². The lowest BCUT2D eigenvalue weighted by atomic mass is 10.2. The molecule has 0 saturated carbocycles. The summed E-state index contributed by atoms with van der Waals surface area (Å²) in [6, 6.07) is 10.2. The van der Waals surface area contributed by atoms with Gasteiger partial charge in [0.05, 0.1) is 17.1 Å². The van der Waals surface area contributed by atoms with Crippen molar-refractivity contribution in [3.63, 3.8) is 0 Å². The number of nitrogens with one attached hydrogen (secondary N) is 2. The zero-order valence-corrected chi connectivity index (χ0v) is 14.3. The van der Waals surface area contributed by atoms with E-state index in [1.165, 1.54) is 6.20 Å². The predicted molar refractivity (Wildman–Crippen MR) is 93.5 cm³/mol. The molecule has 0 radical (unpaired) electrons. The Bertz CT molecular complexity index is 836. The molecule has 0 bridgehead atoms. The molecular formula is C16H16ClN3O3S. The maximum absolute atomic E-state index is 12.1. The first kappa shape index (κ1) is 16.7. The molecule has 1 aromatic carbocycles. The van der Waals surface area contributed by atoms with Gasteiger partial charge in [-0.05, 0) is 42.8 Å². The number of anilines is 2. The van der Waals surface area contributed by atoms with Crippen molar-refractivity contribution in [2.24, 2.45) is 0 Å². The van der Waals surface area contributed by atoms with Crippen molar-refractivity contribution in [1.29, 1.82) is 0 Å². The van der Waals surface area contributed by atoms with E-state index in [9.17, 15) is 13.2 Å². The summed E-state index contributed by atoms with van der Waals surface area (Å²) in [5.74, 6) is 0.405. The Balaban J connectivity index is 1.61. The van der Waals surface area contributed by atoms with Crippen molar-refractivity contribution >= 4 is 38.9 Å². The highest BCUT2D eigenvalue weighted by molar-refractivity contribution is 7.91. The van der Waals surface area contributed by atoms with Crippen LogP contribution in [0.5, 0.6) is 0 Å². The first-order chi connectivity index (χ1) is 11.4. The van der Waals surface area contributed by atoms with Crippen LogP contribution in [0, 0.1) is 0 Å². The molecule has 1 aliphatic heterocycles. The fourth-order valence-electron chi connectivity index (χ4n) is 2.46. The van der Waals surface area contributed by atoms with Gasteiger partial charge in [0.1, 0.15) is 5.82 Å². The number of benzene rings is 1. The third-order valence-corrected chi connectivity index (χ3v) is 5.73. The fourth-order valence-corrected chi connectivity index (χ4v) is 4.26. The summed E-state index contributed by atoms with van der Waals surface area (Å²) in [7, 11) is -3.02. The number of rotatable bonds is 4. The fraction of sp³-hybridized carbons (Fsp3) is 0.250. The molecular weight excluding hydrogens is 350 g/mol. The van der Waals surface area contributed by atoms with Crippen LogP contribution >= 0.6 is 11.6 Å². The molecule has 1 saturated heterocycles. The Kier molecular flexibility index (Phi) is 4.73. The molecule has 2 heterocycles. The lowest BCUT2D eigenvalue weighted by molar-refractivity contribution is 0.0941. The average molecular weight is 366 g/mol. The highest BCUT2D eigenvalue weighted by Gasteiger charge is 2.29. The van der Waals surface area contributed by atoms with E-state index in [0.717, 1.165) is 5.69 Å². The minimum atomic E-state index is -3.02. The van der Waals surface area contributed by atoms with Crippen LogP contribution in [0.15, 0.2) is 42.6 Å². The summed E-state index contributed by atoms with van der Waals surface area (Å²) in [6.45, 7) is 0. The Morgan fingerprint density at radius 1 is 1.17 bits per heavy atom. The smallest absolute Gasteiger partial charge is 0.253 e. The summed E-state index contributed by atoms with van der Waals surface area (Å²) < 4.78 is 22.8. The van der Waals surface area contributed by atoms with Gasteiger partial charge in [-0.3, -0.25) is 4.79 Å². The van der Waals surface area contributed by atoms with Crippen LogP contribution < -0.4 is 10.6 Å². The first-order valence-corrected chi connectivity index (χ1v) is 9.61. The van der Waals surface area contributed by atoms with E-state index in [4.69, 9.17) is 11.6 Å². The molecule has 24 heavy (non-hydrogen) atoms. The number of pyridine rings is 1. The SMILES string of the molecule is O=C(NC1CCS(=O)(=O)C1)c1ccc(Nc2ccc(Cl)cc2)nc1. The second kappa shape index (κ2) is 6.78. The van der Waals surface area contributed by atoms with Gasteiger partial charge in [0.25, 0.3) is 5.91 Å². The van der Waals surface area contributed by atoms with E-state index in [1.807, 2.05) is 12.1 Å². The molecule has 3 rings (SSSR count). The summed E-state index contributed by atoms with van der Waals surface area (Å²) >= 11 is 5.83. The van der Waals surface area contributed by atoms with Gasteiger partial charge in [-0.25, -0.2) is 13.4 Å². The van der Waals surface area contributed by atoms with Gasteiger partial charge in [-0.2, -0.15) is 0 Å². The Morgan fingerprint density at radius 2 is 1.92 bits per heavy atom. The maximum atomic E-state index is 12.1. The van der Waals surface area contributed by atoms with Gasteiger partial charge in [0.15, 0.2) is 9.84 Å². The zero-order valence-electron chi connectivity index (χ0n) is 12.7. The molecule has 0 aliphatic carbocycles. The van der Waals surface area contributed by atoms with E-state index >= 15 is 0 Å². The average Bonchev–Trinajstić information content (AvgIpc) is 2.89. The predicted octanol–water partition coefficient (Wildman–Crippen LogP) is 2.40. The van der Waals surface area contributed by atoms with Gasteiger partial charge >= 0.3 is 0 Å². The summed E-state index contributed by atoms with van der Waals surface area (Å²) in [6.07, 6.45) is 1.91. The summed E-state index contributed by atoms with van der Waals surface area (Å²) in [4.78, 5) is 16.3. The van der Waals surface area contributed by atoms with Crippen LogP contribution in [0.2, 0.25) is 5.02 Å². The van der Waals surface area contributed by atoms with Crippen LogP contribution in [-0.4, -0.2) is 36.9 Å². The largest absolute Gasteiger partial charge is 0.348 e. The molecule has 0 spiro atoms. The minimum absolute atomic E-state index is 0.00236. The van der Waals surface area contributed by atoms with Crippen LogP contribution in [0.1, 0.15) is 16.8 Å². The highest BCUT2D eigenvalue weighted by atomic mass is 35.5. The van der Waals surface area contributed by atoms with Crippen molar-refractivity contribution in [3.8, 4) is 0 Å². The standard InChI is InChI=1S/C16H16ClN3O3S/c17-12-2-4-13(5-3-12)19-15-6-1-11(9-18-15)16(21)20-14-7-8-24(22,23)10-14/h1-6,9,14H,7-8,10H2,(H,18,19)(H,20,21). The zero-order chi connectivity index (χ0) is 17.2. The molecule has 8 heteroatoms. The number of hydrogen-bond acceptors (Lipinski definition) is 5. The quantitative estimate of drug-likeness (QED) is 0.868. The van der Waals surface area contributed by atoms with E-state index in [0.29, 0.717) is 22.8 Å². The normalized spacial score (nSPS) is 19.0. The van der Waals surface area contributed by atoms with E-state index in [-0.39, 0.29) is 23.5 Å². The molecule has 1 fully saturated rings. The van der Waals surface area contributed by atoms with Crippen LogP contribution in [0.25, 0.3) is 0 Å². The summed E-state index contributed by atoms with van der Waals surface area (Å²) in [5, 5.41) is 6.48. The van der Waals surface area contributed by atoms with Gasteiger partial charge in [0.2, 0.25) is 0 Å². The number of carbonyl (C=O) groups is 1. The first-order valence-electron chi connectivity index (χ1n) is 7.41. The second-order valence-corrected chi connectivity index (χ2v) is 8.30. The third-order valence-electron chi connectivity index (χ3n) is 3.71. The van der Waals surface area contributed by atoms with Gasteiger partial charge in [-0.1, -0.05) is 11.6 Å². The summed E-state index contributed by atoms with van der Waals surface area (Å²) in [5.41, 5.74) is 1.22. The molecule has 1 amide bonds. The second-order valence-electron chi connectivity index (χ2n) is 5.64. The number of halogens is 1. The molecule has 1 unspecified atom stereocenters. The van der Waals surface area contributed by atoms with Crippen molar-refractivity contribution in [3.05, 3.63) is 53.2 Å². The number of amides is 1. The molecule has 2 aromatic rings. The number of aromatic nitrogens is 1. The monoisotopic (exact) mass is 365 g/mol. The topological polar surface area (TPSA) is 88.2 Å². The Labute approximate surface area is 145 Å². The van der Waals surface area contributed by atoms with Crippen molar-refractivity contribution in [1.82, 2.24) is 10.3 Å². The van der Waals surface area contributed by atoms with Crippen molar-refractivity contribution in [2.75, 3.05) is 16.8 Å². The molecule has 1 atom stereocenters. The minimum Gasteiger partial charge on any atom is -0.348 e. The molecule has 1 aliphatic rings. The lowest BCUT2D eigenvalue weighted by Gasteiger charge is -2.11. The molecule has 1 aromatic heterocycles. The van der Waals surface area contributed by atoms with E-state index < -0.39 is 9.84 Å². The van der Waals surface area contributed by atoms with Crippen molar-refractivity contribution in [2.45, 2.75) is 12.5 Å². The van der Waals surface area contributed by atoms with E-state index in [1.54, 1.807) is 24.3 Å².